The van der Waals surface area contributed by atoms with E-state index in [9.17, 15) is 22.8 Å². The molecule has 0 spiro atoms. The standard InChI is InChI=1S/C21H23F3N4O3/c1-20(10-25-18(30)13-4-5-14(8-29)16(22)6-13)9-21(23,24)11-28(20)19(31)15-7-26-27-17(15)12-2-3-12/h4-7,12,29H,2-3,8-11H2,1H3,(H,25,30)(H,26,27). The molecule has 3 N–H and O–H groups in total. The van der Waals surface area contributed by atoms with Crippen LogP contribution >= 0.6 is 0 Å². The van der Waals surface area contributed by atoms with Gasteiger partial charge in [0.05, 0.1) is 36.1 Å². The fraction of sp³-hybridized carbons (Fsp3) is 0.476. The predicted molar refractivity (Wildman–Crippen MR) is 104 cm³/mol. The molecular weight excluding hydrogens is 413 g/mol. The van der Waals surface area contributed by atoms with Crippen molar-refractivity contribution in [2.75, 3.05) is 13.1 Å². The number of rotatable bonds is 6. The zero-order valence-corrected chi connectivity index (χ0v) is 16.9. The molecule has 166 valence electrons. The van der Waals surface area contributed by atoms with Crippen molar-refractivity contribution in [2.45, 2.75) is 50.2 Å². The van der Waals surface area contributed by atoms with Crippen molar-refractivity contribution in [2.24, 2.45) is 0 Å². The summed E-state index contributed by atoms with van der Waals surface area (Å²) in [6.45, 7) is 0.00763. The molecule has 1 unspecified atom stereocenters. The lowest BCUT2D eigenvalue weighted by molar-refractivity contribution is 0.0112. The highest BCUT2D eigenvalue weighted by atomic mass is 19.3. The summed E-state index contributed by atoms with van der Waals surface area (Å²) in [6, 6.07) is 3.60. The Labute approximate surface area is 176 Å². The maximum atomic E-state index is 14.3. The fourth-order valence-electron chi connectivity index (χ4n) is 4.09. The van der Waals surface area contributed by atoms with Crippen LogP contribution in [0.1, 0.15) is 64.1 Å². The molecule has 2 fully saturated rings. The number of aliphatic hydroxyl groups is 1. The summed E-state index contributed by atoms with van der Waals surface area (Å²) < 4.78 is 42.5. The molecule has 1 aliphatic carbocycles. The molecule has 0 bridgehead atoms. The lowest BCUT2D eigenvalue weighted by atomic mass is 9.96. The Kier molecular flexibility index (Phi) is 5.28. The van der Waals surface area contributed by atoms with Crippen LogP contribution in [0.5, 0.6) is 0 Å². The first-order chi connectivity index (χ1) is 14.6. The van der Waals surface area contributed by atoms with Crippen molar-refractivity contribution >= 4 is 11.8 Å². The molecule has 1 atom stereocenters. The Balaban J connectivity index is 1.52. The molecule has 7 nitrogen and oxygen atoms in total. The zero-order valence-electron chi connectivity index (χ0n) is 16.9. The van der Waals surface area contributed by atoms with E-state index in [4.69, 9.17) is 5.11 Å². The van der Waals surface area contributed by atoms with E-state index in [0.717, 1.165) is 23.8 Å². The number of likely N-dealkylation sites (tertiary alicyclic amines) is 1. The number of hydrogen-bond acceptors (Lipinski definition) is 4. The number of H-pyrrole nitrogens is 1. The number of aliphatic hydroxyl groups excluding tert-OH is 1. The maximum Gasteiger partial charge on any atom is 0.267 e. The highest BCUT2D eigenvalue weighted by Gasteiger charge is 2.54. The van der Waals surface area contributed by atoms with Crippen LogP contribution in [-0.4, -0.2) is 56.6 Å². The minimum absolute atomic E-state index is 0.00760. The molecule has 2 amide bonds. The van der Waals surface area contributed by atoms with Gasteiger partial charge in [0.25, 0.3) is 17.7 Å². The minimum Gasteiger partial charge on any atom is -0.392 e. The highest BCUT2D eigenvalue weighted by Crippen LogP contribution is 2.43. The van der Waals surface area contributed by atoms with Crippen molar-refractivity contribution in [3.8, 4) is 0 Å². The van der Waals surface area contributed by atoms with E-state index in [1.165, 1.54) is 25.3 Å². The van der Waals surface area contributed by atoms with Gasteiger partial charge in [0, 0.05) is 30.0 Å². The highest BCUT2D eigenvalue weighted by molar-refractivity contribution is 5.97. The van der Waals surface area contributed by atoms with E-state index in [1.807, 2.05) is 0 Å². The van der Waals surface area contributed by atoms with Gasteiger partial charge in [-0.2, -0.15) is 5.10 Å². The maximum absolute atomic E-state index is 14.3. The van der Waals surface area contributed by atoms with E-state index in [0.29, 0.717) is 5.69 Å². The quantitative estimate of drug-likeness (QED) is 0.648. The second-order valence-electron chi connectivity index (χ2n) is 8.54. The lowest BCUT2D eigenvalue weighted by Gasteiger charge is -2.34. The van der Waals surface area contributed by atoms with E-state index >= 15 is 0 Å². The van der Waals surface area contributed by atoms with Crippen LogP contribution in [0.4, 0.5) is 13.2 Å². The number of alkyl halides is 2. The average Bonchev–Trinajstić information content (AvgIpc) is 3.38. The Hall–Kier alpha value is -2.88. The van der Waals surface area contributed by atoms with Gasteiger partial charge < -0.3 is 15.3 Å². The zero-order chi connectivity index (χ0) is 22.4. The molecule has 1 aromatic heterocycles. The lowest BCUT2D eigenvalue weighted by Crippen LogP contribution is -2.52. The third kappa shape index (κ3) is 4.16. The number of hydrogen-bond donors (Lipinski definition) is 3. The predicted octanol–water partition coefficient (Wildman–Crippen LogP) is 2.59. The van der Waals surface area contributed by atoms with Gasteiger partial charge in [-0.05, 0) is 31.9 Å². The molecule has 4 rings (SSSR count). The van der Waals surface area contributed by atoms with E-state index in [-0.39, 0.29) is 29.2 Å². The van der Waals surface area contributed by atoms with Gasteiger partial charge >= 0.3 is 0 Å². The average molecular weight is 436 g/mol. The van der Waals surface area contributed by atoms with Crippen molar-refractivity contribution < 1.29 is 27.9 Å². The molecule has 1 saturated carbocycles. The molecular formula is C21H23F3N4O3. The van der Waals surface area contributed by atoms with Gasteiger partial charge in [0.2, 0.25) is 0 Å². The molecule has 10 heteroatoms. The minimum atomic E-state index is -3.10. The molecule has 1 aliphatic heterocycles. The number of carbonyl (C=O) groups is 2. The molecule has 2 aromatic rings. The smallest absolute Gasteiger partial charge is 0.267 e. The Morgan fingerprint density at radius 2 is 2.10 bits per heavy atom. The third-order valence-corrected chi connectivity index (χ3v) is 5.93. The van der Waals surface area contributed by atoms with E-state index in [1.54, 1.807) is 0 Å². The summed E-state index contributed by atoms with van der Waals surface area (Å²) in [5.41, 5.74) is -0.364. The Morgan fingerprint density at radius 1 is 1.35 bits per heavy atom. The molecule has 1 saturated heterocycles. The Bertz CT molecular complexity index is 1020. The second-order valence-corrected chi connectivity index (χ2v) is 8.54. The second kappa shape index (κ2) is 7.67. The van der Waals surface area contributed by atoms with Gasteiger partial charge in [0.1, 0.15) is 5.82 Å². The molecule has 31 heavy (non-hydrogen) atoms. The molecule has 2 aliphatic rings. The molecule has 1 aromatic carbocycles. The van der Waals surface area contributed by atoms with Crippen LogP contribution < -0.4 is 5.32 Å². The van der Waals surface area contributed by atoms with Gasteiger partial charge in [-0.3, -0.25) is 14.7 Å². The van der Waals surface area contributed by atoms with Crippen molar-refractivity contribution in [3.63, 3.8) is 0 Å². The van der Waals surface area contributed by atoms with E-state index in [2.05, 4.69) is 15.5 Å². The fourth-order valence-corrected chi connectivity index (χ4v) is 4.09. The summed E-state index contributed by atoms with van der Waals surface area (Å²) in [5, 5.41) is 18.3. The molecule has 2 heterocycles. The van der Waals surface area contributed by atoms with Crippen LogP contribution in [-0.2, 0) is 6.61 Å². The number of aromatic amines is 1. The van der Waals surface area contributed by atoms with Crippen LogP contribution in [0, 0.1) is 5.82 Å². The van der Waals surface area contributed by atoms with Crippen molar-refractivity contribution in [3.05, 3.63) is 52.6 Å². The van der Waals surface area contributed by atoms with Gasteiger partial charge in [0.15, 0.2) is 0 Å². The largest absolute Gasteiger partial charge is 0.392 e. The number of carbonyl (C=O) groups excluding carboxylic acids is 2. The molecule has 0 radical (unpaired) electrons. The first-order valence-electron chi connectivity index (χ1n) is 10.0. The van der Waals surface area contributed by atoms with Gasteiger partial charge in [-0.15, -0.1) is 0 Å². The number of benzene rings is 1. The van der Waals surface area contributed by atoms with Gasteiger partial charge in [-0.25, -0.2) is 13.2 Å². The van der Waals surface area contributed by atoms with Crippen molar-refractivity contribution in [1.82, 2.24) is 20.4 Å². The van der Waals surface area contributed by atoms with Crippen molar-refractivity contribution in [1.29, 1.82) is 0 Å². The van der Waals surface area contributed by atoms with E-state index < -0.39 is 48.7 Å². The SMILES string of the molecule is CC1(CNC(=O)c2ccc(CO)c(F)c2)CC(F)(F)CN1C(=O)c1cn[nH]c1C1CC1. The normalized spacial score (nSPS) is 22.5. The number of halogens is 3. The number of aromatic nitrogens is 2. The first kappa shape index (κ1) is 21.4. The topological polar surface area (TPSA) is 98.3 Å². The van der Waals surface area contributed by atoms with Crippen LogP contribution in [0.3, 0.4) is 0 Å². The summed E-state index contributed by atoms with van der Waals surface area (Å²) in [4.78, 5) is 26.7. The third-order valence-electron chi connectivity index (χ3n) is 5.93. The summed E-state index contributed by atoms with van der Waals surface area (Å²) in [6.07, 6.45) is 2.58. The summed E-state index contributed by atoms with van der Waals surface area (Å²) >= 11 is 0. The number of amides is 2. The summed E-state index contributed by atoms with van der Waals surface area (Å²) in [5.74, 6) is -4.87. The first-order valence-corrected chi connectivity index (χ1v) is 10.0. The van der Waals surface area contributed by atoms with Crippen LogP contribution in [0.15, 0.2) is 24.4 Å². The monoisotopic (exact) mass is 436 g/mol. The summed E-state index contributed by atoms with van der Waals surface area (Å²) in [7, 11) is 0. The van der Waals surface area contributed by atoms with Crippen LogP contribution in [0.25, 0.3) is 0 Å². The number of nitrogens with zero attached hydrogens (tertiary/aromatic N) is 2. The number of nitrogens with one attached hydrogen (secondary N) is 2. The van der Waals surface area contributed by atoms with Gasteiger partial charge in [-0.1, -0.05) is 6.07 Å². The Morgan fingerprint density at radius 3 is 2.74 bits per heavy atom. The van der Waals surface area contributed by atoms with Crippen LogP contribution in [0.2, 0.25) is 0 Å².